The molecule has 0 atom stereocenters. The van der Waals surface area contributed by atoms with E-state index in [0.29, 0.717) is 0 Å². The van der Waals surface area contributed by atoms with Gasteiger partial charge in [-0.05, 0) is 12.8 Å². The van der Waals surface area contributed by atoms with Crippen LogP contribution in [0.15, 0.2) is 25.3 Å². The summed E-state index contributed by atoms with van der Waals surface area (Å²) in [4.78, 5) is 0. The Morgan fingerprint density at radius 2 is 0.714 bits per heavy atom. The maximum Gasteiger partial charge on any atom is -0.0382 e. The first-order valence-electron chi connectivity index (χ1n) is 6.05. The van der Waals surface area contributed by atoms with E-state index in [1.807, 2.05) is 53.7 Å². The van der Waals surface area contributed by atoms with Crippen molar-refractivity contribution in [3.05, 3.63) is 25.3 Å². The molecule has 0 saturated heterocycles. The Hall–Kier alpha value is -0.520. The van der Waals surface area contributed by atoms with Gasteiger partial charge in [0.25, 0.3) is 0 Å². The van der Waals surface area contributed by atoms with Crippen LogP contribution in [0.1, 0.15) is 68.2 Å². The van der Waals surface area contributed by atoms with Crippen molar-refractivity contribution in [2.45, 2.75) is 68.2 Å². The SMILES string of the molecule is C=CCC.C=CCC.CC.CC.CC. The van der Waals surface area contributed by atoms with E-state index >= 15 is 0 Å². The van der Waals surface area contributed by atoms with Gasteiger partial charge >= 0.3 is 0 Å². The number of hydrogen-bond donors (Lipinski definition) is 0. The standard InChI is InChI=1S/2C4H8.3C2H6/c2*1-3-4-2;3*1-2/h2*3H,1,4H2,2H3;3*1-2H3. The number of rotatable bonds is 2. The molecule has 0 bridgehead atoms. The molecule has 0 heteroatoms. The molecule has 0 aliphatic rings. The Balaban J connectivity index is -0.0000000255. The Labute approximate surface area is 94.1 Å². The lowest BCUT2D eigenvalue weighted by atomic mass is 10.5. The van der Waals surface area contributed by atoms with Gasteiger partial charge in [0.15, 0.2) is 0 Å². The molecule has 0 aromatic carbocycles. The Bertz CT molecular complexity index is 36.0. The molecule has 90 valence electrons. The molecule has 0 saturated carbocycles. The highest BCUT2D eigenvalue weighted by molar-refractivity contribution is 4.60. The summed E-state index contributed by atoms with van der Waals surface area (Å²) >= 11 is 0. The highest BCUT2D eigenvalue weighted by atomic mass is 13.5. The maximum absolute atomic E-state index is 3.48. The smallest absolute Gasteiger partial charge is 0.0382 e. The lowest BCUT2D eigenvalue weighted by Gasteiger charge is -1.57. The minimum absolute atomic E-state index is 1.08. The summed E-state index contributed by atoms with van der Waals surface area (Å²) in [5.41, 5.74) is 0. The first-order chi connectivity index (χ1) is 6.83. The summed E-state index contributed by atoms with van der Waals surface area (Å²) in [6.45, 7) is 23.1. The van der Waals surface area contributed by atoms with Crippen LogP contribution in [0.2, 0.25) is 0 Å². The van der Waals surface area contributed by atoms with Crippen molar-refractivity contribution in [1.29, 1.82) is 0 Å². The van der Waals surface area contributed by atoms with E-state index in [1.54, 1.807) is 0 Å². The van der Waals surface area contributed by atoms with E-state index in [-0.39, 0.29) is 0 Å². The molecule has 14 heavy (non-hydrogen) atoms. The summed E-state index contributed by atoms with van der Waals surface area (Å²) in [5, 5.41) is 0. The average Bonchev–Trinajstić information content (AvgIpc) is 2.36. The summed E-state index contributed by atoms with van der Waals surface area (Å²) in [5.74, 6) is 0. The van der Waals surface area contributed by atoms with Crippen molar-refractivity contribution < 1.29 is 0 Å². The van der Waals surface area contributed by atoms with E-state index < -0.39 is 0 Å². The fourth-order valence-electron chi connectivity index (χ4n) is 0. The van der Waals surface area contributed by atoms with Gasteiger partial charge < -0.3 is 0 Å². The van der Waals surface area contributed by atoms with E-state index in [2.05, 4.69) is 27.0 Å². The van der Waals surface area contributed by atoms with E-state index in [1.165, 1.54) is 0 Å². The van der Waals surface area contributed by atoms with Crippen LogP contribution in [0.4, 0.5) is 0 Å². The highest BCUT2D eigenvalue weighted by Gasteiger charge is 1.45. The fourth-order valence-corrected chi connectivity index (χ4v) is 0. The normalized spacial score (nSPS) is 4.86. The van der Waals surface area contributed by atoms with Gasteiger partial charge in [-0.3, -0.25) is 0 Å². The van der Waals surface area contributed by atoms with Crippen LogP contribution in [0, 0.1) is 0 Å². The van der Waals surface area contributed by atoms with Gasteiger partial charge in [0.1, 0.15) is 0 Å². The molecule has 0 aromatic heterocycles. The quantitative estimate of drug-likeness (QED) is 0.465. The second-order valence-electron chi connectivity index (χ2n) is 1.39. The minimum atomic E-state index is 1.08. The van der Waals surface area contributed by atoms with Crippen molar-refractivity contribution in [1.82, 2.24) is 0 Å². The van der Waals surface area contributed by atoms with Crippen LogP contribution in [0.3, 0.4) is 0 Å². The molecule has 0 amide bonds. The van der Waals surface area contributed by atoms with Crippen LogP contribution in [-0.4, -0.2) is 0 Å². The topological polar surface area (TPSA) is 0 Å². The molecule has 0 heterocycles. The van der Waals surface area contributed by atoms with Crippen molar-refractivity contribution >= 4 is 0 Å². The van der Waals surface area contributed by atoms with E-state index in [9.17, 15) is 0 Å². The fraction of sp³-hybridized carbons (Fsp3) is 0.714. The molecule has 0 aliphatic heterocycles. The van der Waals surface area contributed by atoms with Gasteiger partial charge in [0, 0.05) is 0 Å². The largest absolute Gasteiger partial charge is 0.103 e. The van der Waals surface area contributed by atoms with Gasteiger partial charge in [-0.2, -0.15) is 0 Å². The van der Waals surface area contributed by atoms with Crippen LogP contribution in [0.5, 0.6) is 0 Å². The van der Waals surface area contributed by atoms with Gasteiger partial charge in [0.05, 0.1) is 0 Å². The second-order valence-corrected chi connectivity index (χ2v) is 1.39. The molecular formula is C14H34. The maximum atomic E-state index is 3.48. The predicted octanol–water partition coefficient (Wildman–Crippen LogP) is 6.24. The van der Waals surface area contributed by atoms with Crippen LogP contribution in [0.25, 0.3) is 0 Å². The third-order valence-electron chi connectivity index (χ3n) is 0.577. The Kier molecular flexibility index (Phi) is 283. The molecule has 0 fully saturated rings. The van der Waals surface area contributed by atoms with Gasteiger partial charge in [-0.15, -0.1) is 13.2 Å². The van der Waals surface area contributed by atoms with Gasteiger partial charge in [0.2, 0.25) is 0 Å². The molecule has 0 N–H and O–H groups in total. The zero-order valence-electron chi connectivity index (χ0n) is 12.0. The lowest BCUT2D eigenvalue weighted by molar-refractivity contribution is 1.23. The zero-order chi connectivity index (χ0) is 12.8. The minimum Gasteiger partial charge on any atom is -0.103 e. The number of allylic oxidation sites excluding steroid dienone is 2. The third-order valence-corrected chi connectivity index (χ3v) is 0.577. The summed E-state index contributed by atoms with van der Waals surface area (Å²) in [6, 6.07) is 0. The van der Waals surface area contributed by atoms with Crippen molar-refractivity contribution in [3.8, 4) is 0 Å². The molecule has 0 rings (SSSR count). The second kappa shape index (κ2) is 136. The number of hydrogen-bond acceptors (Lipinski definition) is 0. The Morgan fingerprint density at radius 3 is 0.714 bits per heavy atom. The first-order valence-corrected chi connectivity index (χ1v) is 6.05. The van der Waals surface area contributed by atoms with Crippen LogP contribution in [-0.2, 0) is 0 Å². The third kappa shape index (κ3) is 576. The van der Waals surface area contributed by atoms with E-state index in [4.69, 9.17) is 0 Å². The van der Waals surface area contributed by atoms with Crippen LogP contribution >= 0.6 is 0 Å². The van der Waals surface area contributed by atoms with Crippen LogP contribution < -0.4 is 0 Å². The Morgan fingerprint density at radius 1 is 0.643 bits per heavy atom. The molecule has 0 unspecified atom stereocenters. The molecule has 0 aliphatic carbocycles. The van der Waals surface area contributed by atoms with E-state index in [0.717, 1.165) is 12.8 Å². The summed E-state index contributed by atoms with van der Waals surface area (Å²) < 4.78 is 0. The molecule has 0 spiro atoms. The molecule has 0 nitrogen and oxygen atoms in total. The van der Waals surface area contributed by atoms with Crippen molar-refractivity contribution in [2.24, 2.45) is 0 Å². The predicted molar refractivity (Wildman–Crippen MR) is 75.0 cm³/mol. The summed E-state index contributed by atoms with van der Waals surface area (Å²) in [7, 11) is 0. The monoisotopic (exact) mass is 202 g/mol. The average molecular weight is 202 g/mol. The summed E-state index contributed by atoms with van der Waals surface area (Å²) in [6.07, 6.45) is 5.92. The van der Waals surface area contributed by atoms with Crippen molar-refractivity contribution in [3.63, 3.8) is 0 Å². The van der Waals surface area contributed by atoms with Gasteiger partial charge in [-0.1, -0.05) is 67.5 Å². The highest BCUT2D eigenvalue weighted by Crippen LogP contribution is 1.66. The van der Waals surface area contributed by atoms with Crippen molar-refractivity contribution in [2.75, 3.05) is 0 Å². The lowest BCUT2D eigenvalue weighted by Crippen LogP contribution is -1.36. The molecule has 0 aromatic rings. The molecular weight excluding hydrogens is 168 g/mol. The first kappa shape index (κ1) is 29.2. The zero-order valence-corrected chi connectivity index (χ0v) is 12.0. The van der Waals surface area contributed by atoms with Gasteiger partial charge in [-0.25, -0.2) is 0 Å². The molecule has 0 radical (unpaired) electrons.